The summed E-state index contributed by atoms with van der Waals surface area (Å²) in [5.74, 6) is 0.791. The van der Waals surface area contributed by atoms with E-state index in [2.05, 4.69) is 20.2 Å². The van der Waals surface area contributed by atoms with Crippen LogP contribution in [0.1, 0.15) is 0 Å². The number of methoxy groups -OCH3 is 1. The Labute approximate surface area is 118 Å². The molecule has 1 N–H and O–H groups in total. The van der Waals surface area contributed by atoms with E-state index in [9.17, 15) is 0 Å². The van der Waals surface area contributed by atoms with Crippen molar-refractivity contribution < 1.29 is 4.74 Å². The zero-order valence-electron chi connectivity index (χ0n) is 9.92. The van der Waals surface area contributed by atoms with Gasteiger partial charge >= 0.3 is 0 Å². The number of halogens is 1. The predicted octanol–water partition coefficient (Wildman–Crippen LogP) is 3.17. The van der Waals surface area contributed by atoms with Crippen LogP contribution in [0, 0.1) is 0 Å². The largest absolute Gasteiger partial charge is 0.497 e. The maximum atomic E-state index is 5.69. The highest BCUT2D eigenvalue weighted by atomic mass is 35.5. The SMILES string of the molecule is COc1ccc2nc(Sc3ccc(Cl)nn3)[nH]c2c1. The molecule has 96 valence electrons. The van der Waals surface area contributed by atoms with Gasteiger partial charge in [0.05, 0.1) is 18.1 Å². The number of nitrogens with zero attached hydrogens (tertiary/aromatic N) is 3. The number of rotatable bonds is 3. The highest BCUT2D eigenvalue weighted by Gasteiger charge is 2.07. The fourth-order valence-corrected chi connectivity index (χ4v) is 2.42. The third-order valence-corrected chi connectivity index (χ3v) is 3.49. The second kappa shape index (κ2) is 5.07. The molecule has 3 rings (SSSR count). The van der Waals surface area contributed by atoms with Gasteiger partial charge in [-0.2, -0.15) is 0 Å². The molecule has 5 nitrogen and oxygen atoms in total. The first kappa shape index (κ1) is 12.3. The molecule has 3 aromatic rings. The van der Waals surface area contributed by atoms with E-state index in [0.29, 0.717) is 5.15 Å². The first-order valence-electron chi connectivity index (χ1n) is 5.45. The molecule has 0 saturated heterocycles. The van der Waals surface area contributed by atoms with Crippen LogP contribution in [0.5, 0.6) is 5.75 Å². The Morgan fingerprint density at radius 3 is 2.84 bits per heavy atom. The number of nitrogens with one attached hydrogen (secondary N) is 1. The minimum absolute atomic E-state index is 0.374. The predicted molar refractivity (Wildman–Crippen MR) is 73.8 cm³/mol. The average Bonchev–Trinajstić information content (AvgIpc) is 2.82. The minimum atomic E-state index is 0.374. The van der Waals surface area contributed by atoms with Crippen LogP contribution >= 0.6 is 23.4 Å². The van der Waals surface area contributed by atoms with Gasteiger partial charge < -0.3 is 9.72 Å². The van der Waals surface area contributed by atoms with Crippen LogP contribution in [-0.4, -0.2) is 27.3 Å². The van der Waals surface area contributed by atoms with E-state index in [1.807, 2.05) is 18.2 Å². The second-order valence-electron chi connectivity index (χ2n) is 3.72. The monoisotopic (exact) mass is 292 g/mol. The normalized spacial score (nSPS) is 10.8. The summed E-state index contributed by atoms with van der Waals surface area (Å²) in [7, 11) is 1.64. The molecule has 7 heteroatoms. The van der Waals surface area contributed by atoms with Crippen LogP contribution in [0.25, 0.3) is 11.0 Å². The summed E-state index contributed by atoms with van der Waals surface area (Å²) < 4.78 is 5.17. The average molecular weight is 293 g/mol. The zero-order valence-corrected chi connectivity index (χ0v) is 11.5. The summed E-state index contributed by atoms with van der Waals surface area (Å²) in [5.41, 5.74) is 1.80. The second-order valence-corrected chi connectivity index (χ2v) is 5.12. The summed E-state index contributed by atoms with van der Waals surface area (Å²) in [6, 6.07) is 9.18. The number of hydrogen-bond donors (Lipinski definition) is 1. The van der Waals surface area contributed by atoms with Crippen molar-refractivity contribution in [2.24, 2.45) is 0 Å². The number of H-pyrrole nitrogens is 1. The number of fused-ring (bicyclic) bond motifs is 1. The Morgan fingerprint density at radius 2 is 2.11 bits per heavy atom. The van der Waals surface area contributed by atoms with Crippen LogP contribution < -0.4 is 4.74 Å². The number of ether oxygens (including phenoxy) is 1. The summed E-state index contributed by atoms with van der Waals surface area (Å²) in [6.07, 6.45) is 0. The highest BCUT2D eigenvalue weighted by Crippen LogP contribution is 2.27. The molecule has 0 spiro atoms. The Morgan fingerprint density at radius 1 is 1.21 bits per heavy atom. The smallest absolute Gasteiger partial charge is 0.172 e. The molecular formula is C12H9ClN4OS. The van der Waals surface area contributed by atoms with Crippen molar-refractivity contribution in [2.75, 3.05) is 7.11 Å². The van der Waals surface area contributed by atoms with Crippen LogP contribution in [0.2, 0.25) is 5.15 Å². The van der Waals surface area contributed by atoms with Gasteiger partial charge in [0.15, 0.2) is 10.3 Å². The van der Waals surface area contributed by atoms with Gasteiger partial charge in [0, 0.05) is 6.07 Å². The van der Waals surface area contributed by atoms with Crippen molar-refractivity contribution in [3.8, 4) is 5.75 Å². The standard InChI is InChI=1S/C12H9ClN4OS/c1-18-7-2-3-8-9(6-7)15-12(14-8)19-11-5-4-10(13)16-17-11/h2-6H,1H3,(H,14,15). The Balaban J connectivity index is 1.90. The van der Waals surface area contributed by atoms with Crippen LogP contribution in [-0.2, 0) is 0 Å². The molecule has 0 atom stereocenters. The van der Waals surface area contributed by atoms with Gasteiger partial charge in [-0.1, -0.05) is 11.6 Å². The molecule has 2 aromatic heterocycles. The van der Waals surface area contributed by atoms with E-state index in [-0.39, 0.29) is 0 Å². The Kier molecular flexibility index (Phi) is 3.27. The van der Waals surface area contributed by atoms with E-state index >= 15 is 0 Å². The van der Waals surface area contributed by atoms with E-state index in [0.717, 1.165) is 27.0 Å². The number of hydrogen-bond acceptors (Lipinski definition) is 5. The van der Waals surface area contributed by atoms with Gasteiger partial charge in [-0.15, -0.1) is 10.2 Å². The number of imidazole rings is 1. The van der Waals surface area contributed by atoms with Crippen LogP contribution in [0.3, 0.4) is 0 Å². The molecule has 1 aromatic carbocycles. The first-order chi connectivity index (χ1) is 9.24. The molecule has 0 amide bonds. The topological polar surface area (TPSA) is 63.7 Å². The fourth-order valence-electron chi connectivity index (χ4n) is 1.60. The van der Waals surface area contributed by atoms with Crippen molar-refractivity contribution in [2.45, 2.75) is 10.2 Å². The van der Waals surface area contributed by atoms with Crippen molar-refractivity contribution >= 4 is 34.4 Å². The minimum Gasteiger partial charge on any atom is -0.497 e. The summed E-state index contributed by atoms with van der Waals surface area (Å²) in [4.78, 5) is 7.66. The summed E-state index contributed by atoms with van der Waals surface area (Å²) in [5, 5.41) is 9.62. The molecule has 0 aliphatic rings. The van der Waals surface area contributed by atoms with Crippen molar-refractivity contribution in [3.63, 3.8) is 0 Å². The van der Waals surface area contributed by atoms with E-state index in [1.165, 1.54) is 11.8 Å². The Bertz CT molecular complexity index is 713. The van der Waals surface area contributed by atoms with Gasteiger partial charge in [0.2, 0.25) is 0 Å². The third-order valence-electron chi connectivity index (χ3n) is 2.48. The van der Waals surface area contributed by atoms with Crippen LogP contribution in [0.4, 0.5) is 0 Å². The quantitative estimate of drug-likeness (QED) is 0.803. The van der Waals surface area contributed by atoms with E-state index in [1.54, 1.807) is 19.2 Å². The van der Waals surface area contributed by atoms with Crippen molar-refractivity contribution in [3.05, 3.63) is 35.5 Å². The fraction of sp³-hybridized carbons (Fsp3) is 0.0833. The molecule has 2 heterocycles. The molecule has 0 unspecified atom stereocenters. The van der Waals surface area contributed by atoms with E-state index in [4.69, 9.17) is 16.3 Å². The number of aromatic amines is 1. The molecule has 0 bridgehead atoms. The molecule has 0 aliphatic heterocycles. The van der Waals surface area contributed by atoms with Gasteiger partial charge in [-0.3, -0.25) is 0 Å². The van der Waals surface area contributed by atoms with Gasteiger partial charge in [0.25, 0.3) is 0 Å². The number of aromatic nitrogens is 4. The lowest BCUT2D eigenvalue weighted by Gasteiger charge is -1.96. The molecular weight excluding hydrogens is 284 g/mol. The first-order valence-corrected chi connectivity index (χ1v) is 6.65. The lowest BCUT2D eigenvalue weighted by atomic mass is 10.3. The molecule has 0 radical (unpaired) electrons. The third kappa shape index (κ3) is 2.64. The van der Waals surface area contributed by atoms with Crippen molar-refractivity contribution in [1.82, 2.24) is 20.2 Å². The van der Waals surface area contributed by atoms with Crippen molar-refractivity contribution in [1.29, 1.82) is 0 Å². The Hall–Kier alpha value is -1.79. The summed E-state index contributed by atoms with van der Waals surface area (Å²) >= 11 is 7.09. The summed E-state index contributed by atoms with van der Waals surface area (Å²) in [6.45, 7) is 0. The highest BCUT2D eigenvalue weighted by molar-refractivity contribution is 7.99. The molecule has 0 saturated carbocycles. The van der Waals surface area contributed by atoms with E-state index < -0.39 is 0 Å². The number of benzene rings is 1. The van der Waals surface area contributed by atoms with Crippen LogP contribution in [0.15, 0.2) is 40.5 Å². The van der Waals surface area contributed by atoms with Gasteiger partial charge in [0.1, 0.15) is 10.8 Å². The molecule has 19 heavy (non-hydrogen) atoms. The maximum absolute atomic E-state index is 5.69. The van der Waals surface area contributed by atoms with Gasteiger partial charge in [-0.25, -0.2) is 4.98 Å². The maximum Gasteiger partial charge on any atom is 0.172 e. The lowest BCUT2D eigenvalue weighted by Crippen LogP contribution is -1.85. The van der Waals surface area contributed by atoms with Gasteiger partial charge in [-0.05, 0) is 36.0 Å². The molecule has 0 aliphatic carbocycles. The molecule has 0 fully saturated rings. The zero-order chi connectivity index (χ0) is 13.2. The lowest BCUT2D eigenvalue weighted by molar-refractivity contribution is 0.415.